The Morgan fingerprint density at radius 2 is 1.51 bits per heavy atom. The Labute approximate surface area is 217 Å². The van der Waals surface area contributed by atoms with Gasteiger partial charge in [-0.2, -0.15) is 0 Å². The van der Waals surface area contributed by atoms with Crippen LogP contribution >= 0.6 is 0 Å². The predicted octanol–water partition coefficient (Wildman–Crippen LogP) is 4.12. The summed E-state index contributed by atoms with van der Waals surface area (Å²) in [4.78, 5) is 43.1. The van der Waals surface area contributed by atoms with Gasteiger partial charge in [-0.05, 0) is 55.3 Å². The molecule has 3 amide bonds. The maximum Gasteiger partial charge on any atom is 0.254 e. The highest BCUT2D eigenvalue weighted by molar-refractivity contribution is 6.08. The number of amides is 3. The lowest BCUT2D eigenvalue weighted by Crippen LogP contribution is -2.51. The largest absolute Gasteiger partial charge is 0.496 e. The Kier molecular flexibility index (Phi) is 7.40. The molecule has 2 fully saturated rings. The Bertz CT molecular complexity index is 1280. The first-order valence-corrected chi connectivity index (χ1v) is 13.0. The van der Waals surface area contributed by atoms with Crippen molar-refractivity contribution in [3.8, 4) is 5.75 Å². The van der Waals surface area contributed by atoms with E-state index in [1.165, 1.54) is 0 Å². The van der Waals surface area contributed by atoms with Crippen molar-refractivity contribution in [1.82, 2.24) is 15.1 Å². The predicted molar refractivity (Wildman–Crippen MR) is 143 cm³/mol. The topological polar surface area (TPSA) is 79.0 Å². The molecule has 0 aromatic heterocycles. The van der Waals surface area contributed by atoms with Gasteiger partial charge < -0.3 is 19.9 Å². The first-order valence-electron chi connectivity index (χ1n) is 13.0. The first-order chi connectivity index (χ1) is 18.0. The minimum absolute atomic E-state index is 0.0429. The molecule has 2 saturated heterocycles. The zero-order chi connectivity index (χ0) is 25.8. The van der Waals surface area contributed by atoms with E-state index in [2.05, 4.69) is 5.32 Å². The van der Waals surface area contributed by atoms with Crippen LogP contribution in [-0.2, 0) is 4.79 Å². The monoisotopic (exact) mass is 499 g/mol. The lowest BCUT2D eigenvalue weighted by Gasteiger charge is -2.38. The molecule has 2 heterocycles. The van der Waals surface area contributed by atoms with Crippen molar-refractivity contribution in [2.75, 3.05) is 33.3 Å². The van der Waals surface area contributed by atoms with E-state index in [1.54, 1.807) is 19.2 Å². The molecule has 3 aromatic rings. The summed E-state index contributed by atoms with van der Waals surface area (Å²) in [6.45, 7) is 2.32. The summed E-state index contributed by atoms with van der Waals surface area (Å²) >= 11 is 0. The molecule has 3 aromatic carbocycles. The molecule has 1 N–H and O–H groups in total. The summed E-state index contributed by atoms with van der Waals surface area (Å²) in [6, 6.07) is 20.7. The standard InChI is InChI=1S/C30H33N3O4/c1-37-27-14-13-26(24-11-5-6-12-25(24)27)30(36)33-17-7-10-22(20-33)29(35)32-18-15-23(16-19-32)31-28(34)21-8-3-2-4-9-21/h2-6,8-9,11-14,22-23H,7,10,15-20H2,1H3,(H,31,34). The maximum atomic E-state index is 13.5. The van der Waals surface area contributed by atoms with Crippen LogP contribution in [0.15, 0.2) is 66.7 Å². The molecule has 0 aliphatic carbocycles. The van der Waals surface area contributed by atoms with Gasteiger partial charge in [0, 0.05) is 48.7 Å². The number of benzene rings is 3. The number of ether oxygens (including phenoxy) is 1. The Morgan fingerprint density at radius 1 is 0.811 bits per heavy atom. The van der Waals surface area contributed by atoms with Crippen molar-refractivity contribution in [3.05, 3.63) is 77.9 Å². The Morgan fingerprint density at radius 3 is 2.24 bits per heavy atom. The summed E-state index contributed by atoms with van der Waals surface area (Å²) in [5, 5.41) is 4.86. The second-order valence-electron chi connectivity index (χ2n) is 9.89. The molecule has 0 radical (unpaired) electrons. The van der Waals surface area contributed by atoms with Gasteiger partial charge in [0.1, 0.15) is 5.75 Å². The lowest BCUT2D eigenvalue weighted by atomic mass is 9.93. The Hall–Kier alpha value is -3.87. The van der Waals surface area contributed by atoms with Crippen LogP contribution in [0.3, 0.4) is 0 Å². The smallest absolute Gasteiger partial charge is 0.254 e. The summed E-state index contributed by atoms with van der Waals surface area (Å²) in [5.74, 6) is 0.543. The number of nitrogens with one attached hydrogen (secondary N) is 1. The molecule has 2 aliphatic heterocycles. The van der Waals surface area contributed by atoms with Gasteiger partial charge in [0.15, 0.2) is 0 Å². The summed E-state index contributed by atoms with van der Waals surface area (Å²) < 4.78 is 5.48. The number of likely N-dealkylation sites (tertiary alicyclic amines) is 2. The normalized spacial score (nSPS) is 18.5. The highest BCUT2D eigenvalue weighted by Gasteiger charge is 2.34. The van der Waals surface area contributed by atoms with Crippen molar-refractivity contribution in [1.29, 1.82) is 0 Å². The molecular weight excluding hydrogens is 466 g/mol. The minimum atomic E-state index is -0.197. The lowest BCUT2D eigenvalue weighted by molar-refractivity contribution is -0.138. The van der Waals surface area contributed by atoms with Gasteiger partial charge in [0.2, 0.25) is 5.91 Å². The molecule has 1 atom stereocenters. The summed E-state index contributed by atoms with van der Waals surface area (Å²) in [7, 11) is 1.63. The SMILES string of the molecule is COc1ccc(C(=O)N2CCCC(C(=O)N3CCC(NC(=O)c4ccccc4)CC3)C2)c2ccccc12. The molecule has 5 rings (SSSR count). The average molecular weight is 500 g/mol. The average Bonchev–Trinajstić information content (AvgIpc) is 2.96. The molecule has 0 spiro atoms. The van der Waals surface area contributed by atoms with Gasteiger partial charge in [-0.25, -0.2) is 0 Å². The van der Waals surface area contributed by atoms with Crippen molar-refractivity contribution in [3.63, 3.8) is 0 Å². The number of piperidine rings is 2. The third-order valence-electron chi connectivity index (χ3n) is 7.57. The van der Waals surface area contributed by atoms with E-state index in [0.29, 0.717) is 37.3 Å². The van der Waals surface area contributed by atoms with Gasteiger partial charge in [0.25, 0.3) is 11.8 Å². The molecule has 1 unspecified atom stereocenters. The maximum absolute atomic E-state index is 13.5. The fourth-order valence-electron chi connectivity index (χ4n) is 5.53. The zero-order valence-corrected chi connectivity index (χ0v) is 21.2. The fraction of sp³-hybridized carbons (Fsp3) is 0.367. The van der Waals surface area contributed by atoms with Crippen molar-refractivity contribution >= 4 is 28.5 Å². The van der Waals surface area contributed by atoms with Crippen LogP contribution in [0.4, 0.5) is 0 Å². The highest BCUT2D eigenvalue weighted by atomic mass is 16.5. The van der Waals surface area contributed by atoms with E-state index in [0.717, 1.165) is 42.2 Å². The second kappa shape index (κ2) is 11.0. The van der Waals surface area contributed by atoms with Gasteiger partial charge in [0.05, 0.1) is 13.0 Å². The van der Waals surface area contributed by atoms with Gasteiger partial charge in [-0.1, -0.05) is 42.5 Å². The third-order valence-corrected chi connectivity index (χ3v) is 7.57. The first kappa shape index (κ1) is 24.8. The van der Waals surface area contributed by atoms with Gasteiger partial charge in [-0.3, -0.25) is 14.4 Å². The molecular formula is C30H33N3O4. The van der Waals surface area contributed by atoms with Crippen LogP contribution in [0.25, 0.3) is 10.8 Å². The summed E-state index contributed by atoms with van der Waals surface area (Å²) in [6.07, 6.45) is 3.06. The van der Waals surface area contributed by atoms with Crippen LogP contribution in [-0.4, -0.2) is 66.9 Å². The molecule has 37 heavy (non-hydrogen) atoms. The van der Waals surface area contributed by atoms with Crippen molar-refractivity contribution < 1.29 is 19.1 Å². The van der Waals surface area contributed by atoms with Crippen LogP contribution in [0.5, 0.6) is 5.75 Å². The van der Waals surface area contributed by atoms with Gasteiger partial charge >= 0.3 is 0 Å². The van der Waals surface area contributed by atoms with Crippen molar-refractivity contribution in [2.45, 2.75) is 31.7 Å². The van der Waals surface area contributed by atoms with Crippen LogP contribution < -0.4 is 10.1 Å². The number of carbonyl (C=O) groups excluding carboxylic acids is 3. The molecule has 7 nitrogen and oxygen atoms in total. The highest BCUT2D eigenvalue weighted by Crippen LogP contribution is 2.30. The van der Waals surface area contributed by atoms with E-state index in [1.807, 2.05) is 64.4 Å². The number of rotatable bonds is 5. The minimum Gasteiger partial charge on any atom is -0.496 e. The van der Waals surface area contributed by atoms with Gasteiger partial charge in [-0.15, -0.1) is 0 Å². The number of carbonyl (C=O) groups is 3. The molecule has 192 valence electrons. The third kappa shape index (κ3) is 5.31. The van der Waals surface area contributed by atoms with E-state index >= 15 is 0 Å². The van der Waals surface area contributed by atoms with E-state index in [9.17, 15) is 14.4 Å². The molecule has 0 bridgehead atoms. The van der Waals surface area contributed by atoms with E-state index in [-0.39, 0.29) is 29.7 Å². The quantitative estimate of drug-likeness (QED) is 0.573. The number of methoxy groups -OCH3 is 1. The zero-order valence-electron chi connectivity index (χ0n) is 21.2. The Balaban J connectivity index is 1.20. The molecule has 7 heteroatoms. The van der Waals surface area contributed by atoms with Crippen LogP contribution in [0.2, 0.25) is 0 Å². The van der Waals surface area contributed by atoms with E-state index < -0.39 is 0 Å². The summed E-state index contributed by atoms with van der Waals surface area (Å²) in [5.41, 5.74) is 1.29. The van der Waals surface area contributed by atoms with Crippen LogP contribution in [0, 0.1) is 5.92 Å². The number of fused-ring (bicyclic) bond motifs is 1. The fourth-order valence-corrected chi connectivity index (χ4v) is 5.53. The van der Waals surface area contributed by atoms with E-state index in [4.69, 9.17) is 4.74 Å². The second-order valence-corrected chi connectivity index (χ2v) is 9.89. The molecule has 2 aliphatic rings. The van der Waals surface area contributed by atoms with Crippen molar-refractivity contribution in [2.24, 2.45) is 5.92 Å². The molecule has 0 saturated carbocycles. The number of hydrogen-bond donors (Lipinski definition) is 1. The van der Waals surface area contributed by atoms with Crippen LogP contribution in [0.1, 0.15) is 46.4 Å². The number of nitrogens with zero attached hydrogens (tertiary/aromatic N) is 2. The number of hydrogen-bond acceptors (Lipinski definition) is 4.